The van der Waals surface area contributed by atoms with Gasteiger partial charge in [0.1, 0.15) is 0 Å². The Morgan fingerprint density at radius 1 is 1.00 bits per heavy atom. The quantitative estimate of drug-likeness (QED) is 0.639. The van der Waals surface area contributed by atoms with Gasteiger partial charge in [0.25, 0.3) is 0 Å². The zero-order chi connectivity index (χ0) is 9.42. The van der Waals surface area contributed by atoms with Crippen molar-refractivity contribution >= 4 is 33.4 Å². The monoisotopic (exact) mass is 282 g/mol. The SMILES string of the molecule is Cc1cc(I)c2ccccc2c1C. The summed E-state index contributed by atoms with van der Waals surface area (Å²) in [4.78, 5) is 0. The molecule has 0 aliphatic heterocycles. The maximum absolute atomic E-state index is 2.40. The largest absolute Gasteiger partial charge is 0.0616 e. The van der Waals surface area contributed by atoms with E-state index in [1.54, 1.807) is 0 Å². The van der Waals surface area contributed by atoms with Gasteiger partial charge in [0.15, 0.2) is 0 Å². The maximum Gasteiger partial charge on any atom is 0.0211 e. The summed E-state index contributed by atoms with van der Waals surface area (Å²) in [6.45, 7) is 4.36. The molecular weight excluding hydrogens is 271 g/mol. The predicted octanol–water partition coefficient (Wildman–Crippen LogP) is 4.06. The molecule has 0 heterocycles. The van der Waals surface area contributed by atoms with Gasteiger partial charge in [-0.15, -0.1) is 0 Å². The second-order valence-corrected chi connectivity index (χ2v) is 4.51. The molecule has 0 bridgehead atoms. The molecule has 13 heavy (non-hydrogen) atoms. The van der Waals surface area contributed by atoms with E-state index in [0.717, 1.165) is 0 Å². The molecule has 0 N–H and O–H groups in total. The Kier molecular flexibility index (Phi) is 2.28. The van der Waals surface area contributed by atoms with Crippen molar-refractivity contribution in [3.8, 4) is 0 Å². The molecule has 0 saturated carbocycles. The molecular formula is C12H11I. The molecule has 0 amide bonds. The first-order valence-electron chi connectivity index (χ1n) is 4.34. The van der Waals surface area contributed by atoms with Crippen LogP contribution in [0.4, 0.5) is 0 Å². The van der Waals surface area contributed by atoms with Gasteiger partial charge < -0.3 is 0 Å². The van der Waals surface area contributed by atoms with Crippen LogP contribution in [0.25, 0.3) is 10.8 Å². The highest BCUT2D eigenvalue weighted by molar-refractivity contribution is 14.1. The average Bonchev–Trinajstić information content (AvgIpc) is 2.15. The Labute approximate surface area is 92.1 Å². The molecule has 0 nitrogen and oxygen atoms in total. The second kappa shape index (κ2) is 3.29. The van der Waals surface area contributed by atoms with Crippen LogP contribution in [-0.4, -0.2) is 0 Å². The molecule has 0 saturated heterocycles. The van der Waals surface area contributed by atoms with Gasteiger partial charge in [-0.1, -0.05) is 24.3 Å². The van der Waals surface area contributed by atoms with E-state index in [4.69, 9.17) is 0 Å². The van der Waals surface area contributed by atoms with Crippen LogP contribution in [0.2, 0.25) is 0 Å². The van der Waals surface area contributed by atoms with Crippen molar-refractivity contribution in [1.29, 1.82) is 0 Å². The smallest absolute Gasteiger partial charge is 0.0211 e. The van der Waals surface area contributed by atoms with Crippen LogP contribution in [-0.2, 0) is 0 Å². The average molecular weight is 282 g/mol. The normalized spacial score (nSPS) is 10.7. The number of fused-ring (bicyclic) bond motifs is 1. The van der Waals surface area contributed by atoms with Gasteiger partial charge >= 0.3 is 0 Å². The predicted molar refractivity (Wildman–Crippen MR) is 66.1 cm³/mol. The summed E-state index contributed by atoms with van der Waals surface area (Å²) in [5, 5.41) is 2.75. The fourth-order valence-electron chi connectivity index (χ4n) is 1.61. The Morgan fingerprint density at radius 3 is 2.31 bits per heavy atom. The van der Waals surface area contributed by atoms with Crippen LogP contribution in [0.1, 0.15) is 11.1 Å². The van der Waals surface area contributed by atoms with Crippen molar-refractivity contribution in [3.63, 3.8) is 0 Å². The van der Waals surface area contributed by atoms with Crippen molar-refractivity contribution in [2.75, 3.05) is 0 Å². The van der Waals surface area contributed by atoms with Crippen LogP contribution in [0, 0.1) is 17.4 Å². The molecule has 0 spiro atoms. The minimum Gasteiger partial charge on any atom is -0.0616 e. The van der Waals surface area contributed by atoms with Gasteiger partial charge in [-0.2, -0.15) is 0 Å². The maximum atomic E-state index is 2.40. The third kappa shape index (κ3) is 1.46. The number of hydrogen-bond acceptors (Lipinski definition) is 0. The molecule has 0 radical (unpaired) electrons. The highest BCUT2D eigenvalue weighted by Gasteiger charge is 2.02. The first kappa shape index (κ1) is 9.00. The van der Waals surface area contributed by atoms with Crippen LogP contribution >= 0.6 is 22.6 Å². The molecule has 0 atom stereocenters. The van der Waals surface area contributed by atoms with Gasteiger partial charge in [-0.3, -0.25) is 0 Å². The van der Waals surface area contributed by atoms with Crippen molar-refractivity contribution in [2.45, 2.75) is 13.8 Å². The fourth-order valence-corrected chi connectivity index (χ4v) is 2.54. The van der Waals surface area contributed by atoms with E-state index >= 15 is 0 Å². The molecule has 0 unspecified atom stereocenters. The third-order valence-electron chi connectivity index (χ3n) is 2.52. The van der Waals surface area contributed by atoms with Crippen molar-refractivity contribution in [1.82, 2.24) is 0 Å². The van der Waals surface area contributed by atoms with Crippen LogP contribution in [0.5, 0.6) is 0 Å². The first-order chi connectivity index (χ1) is 6.20. The van der Waals surface area contributed by atoms with Crippen molar-refractivity contribution in [3.05, 3.63) is 45.0 Å². The lowest BCUT2D eigenvalue weighted by Gasteiger charge is -2.07. The molecule has 0 fully saturated rings. The standard InChI is InChI=1S/C12H11I/c1-8-7-12(13)11-6-4-3-5-10(11)9(8)2/h3-7H,1-2H3. The Morgan fingerprint density at radius 2 is 1.62 bits per heavy atom. The third-order valence-corrected chi connectivity index (χ3v) is 3.42. The number of rotatable bonds is 0. The Balaban J connectivity index is 2.97. The number of hydrogen-bond donors (Lipinski definition) is 0. The fraction of sp³-hybridized carbons (Fsp3) is 0.167. The van der Waals surface area contributed by atoms with E-state index in [1.807, 2.05) is 0 Å². The minimum atomic E-state index is 1.34. The van der Waals surface area contributed by atoms with Gasteiger partial charge in [0, 0.05) is 3.57 Å². The van der Waals surface area contributed by atoms with E-state index in [-0.39, 0.29) is 0 Å². The van der Waals surface area contributed by atoms with E-state index < -0.39 is 0 Å². The topological polar surface area (TPSA) is 0 Å². The molecule has 0 aliphatic rings. The lowest BCUT2D eigenvalue weighted by Crippen LogP contribution is -1.86. The van der Waals surface area contributed by atoms with Gasteiger partial charge in [0.2, 0.25) is 0 Å². The summed E-state index contributed by atoms with van der Waals surface area (Å²) >= 11 is 2.40. The Hall–Kier alpha value is -0.570. The van der Waals surface area contributed by atoms with Crippen molar-refractivity contribution < 1.29 is 0 Å². The highest BCUT2D eigenvalue weighted by Crippen LogP contribution is 2.26. The molecule has 0 aromatic heterocycles. The number of benzene rings is 2. The van der Waals surface area contributed by atoms with E-state index in [1.165, 1.54) is 25.5 Å². The van der Waals surface area contributed by atoms with Crippen LogP contribution in [0.3, 0.4) is 0 Å². The van der Waals surface area contributed by atoms with Gasteiger partial charge in [0.05, 0.1) is 0 Å². The van der Waals surface area contributed by atoms with Crippen molar-refractivity contribution in [2.24, 2.45) is 0 Å². The second-order valence-electron chi connectivity index (χ2n) is 3.35. The van der Waals surface area contributed by atoms with E-state index in [2.05, 4.69) is 66.8 Å². The zero-order valence-corrected chi connectivity index (χ0v) is 9.92. The summed E-state index contributed by atoms with van der Waals surface area (Å²) < 4.78 is 1.34. The number of aryl methyl sites for hydroxylation is 2. The Bertz CT molecular complexity index is 458. The first-order valence-corrected chi connectivity index (χ1v) is 5.42. The lowest BCUT2D eigenvalue weighted by atomic mass is 10.0. The molecule has 66 valence electrons. The van der Waals surface area contributed by atoms with E-state index in [0.29, 0.717) is 0 Å². The molecule has 1 heteroatoms. The van der Waals surface area contributed by atoms with Crippen LogP contribution in [0.15, 0.2) is 30.3 Å². The summed E-state index contributed by atoms with van der Waals surface area (Å²) in [6.07, 6.45) is 0. The summed E-state index contributed by atoms with van der Waals surface area (Å²) in [5.74, 6) is 0. The summed E-state index contributed by atoms with van der Waals surface area (Å²) in [7, 11) is 0. The van der Waals surface area contributed by atoms with E-state index in [9.17, 15) is 0 Å². The summed E-state index contributed by atoms with van der Waals surface area (Å²) in [5.41, 5.74) is 2.78. The molecule has 2 rings (SSSR count). The molecule has 2 aromatic rings. The van der Waals surface area contributed by atoms with Gasteiger partial charge in [-0.05, 0) is 64.4 Å². The number of halogens is 1. The minimum absolute atomic E-state index is 1.34. The summed E-state index contributed by atoms with van der Waals surface area (Å²) in [6, 6.07) is 10.8. The molecule has 2 aromatic carbocycles. The zero-order valence-electron chi connectivity index (χ0n) is 7.76. The lowest BCUT2D eigenvalue weighted by molar-refractivity contribution is 1.37. The highest BCUT2D eigenvalue weighted by atomic mass is 127. The van der Waals surface area contributed by atoms with Gasteiger partial charge in [-0.25, -0.2) is 0 Å². The molecule has 0 aliphatic carbocycles. The van der Waals surface area contributed by atoms with Crippen LogP contribution < -0.4 is 0 Å².